The predicted octanol–water partition coefficient (Wildman–Crippen LogP) is 4.41. The van der Waals surface area contributed by atoms with Crippen LogP contribution in [0.5, 0.6) is 0 Å². The van der Waals surface area contributed by atoms with E-state index in [1.807, 2.05) is 24.3 Å². The van der Waals surface area contributed by atoms with Gasteiger partial charge in [-0.25, -0.2) is 9.59 Å². The van der Waals surface area contributed by atoms with E-state index in [0.717, 1.165) is 41.6 Å². The van der Waals surface area contributed by atoms with Gasteiger partial charge < -0.3 is 19.6 Å². The molecule has 174 valence electrons. The van der Waals surface area contributed by atoms with Crippen molar-refractivity contribution in [2.24, 2.45) is 5.41 Å². The molecular weight excluding hydrogens is 416 g/mol. The number of carbonyl (C=O) groups is 2. The summed E-state index contributed by atoms with van der Waals surface area (Å²) in [6, 6.07) is 15.2. The number of likely N-dealkylation sites (tertiary alicyclic amines) is 1. The average Bonchev–Trinajstić information content (AvgIpc) is 3.09. The molecule has 4 rings (SSSR count). The number of fused-ring (bicyclic) bond motifs is 3. The Hall–Kier alpha value is -3.12. The summed E-state index contributed by atoms with van der Waals surface area (Å²) >= 11 is 0. The number of benzene rings is 2. The lowest BCUT2D eigenvalue weighted by Gasteiger charge is -2.48. The van der Waals surface area contributed by atoms with Crippen LogP contribution in [0.2, 0.25) is 0 Å². The van der Waals surface area contributed by atoms with Crippen molar-refractivity contribution in [2.45, 2.75) is 31.2 Å². The zero-order valence-corrected chi connectivity index (χ0v) is 19.4. The van der Waals surface area contributed by atoms with Crippen LogP contribution in [0.25, 0.3) is 11.1 Å². The number of aliphatic carboxylic acids is 1. The molecule has 1 heterocycles. The molecule has 1 aliphatic heterocycles. The number of nitrogens with zero attached hydrogens (tertiary/aromatic N) is 1. The molecule has 2 aliphatic rings. The van der Waals surface area contributed by atoms with E-state index >= 15 is 0 Å². The average molecular weight is 450 g/mol. The molecule has 2 aromatic rings. The van der Waals surface area contributed by atoms with E-state index in [1.54, 1.807) is 6.08 Å². The van der Waals surface area contributed by atoms with Gasteiger partial charge in [0.15, 0.2) is 0 Å². The standard InChI is InChI=1S/C27H32N2O4/c1-4-14-27(15-9-16-29(2,3)18-27)24(25(30)31)28-26(32)33-17-23-21-12-7-5-10-19(21)20-11-6-8-13-22(20)23/h4-8,10-13,23-24H,1,9,14-18H2,2-3H3,(H-,28,30,31,32)/p+1/t24-,27-/m1/s1. The maximum absolute atomic E-state index is 12.9. The third-order valence-electron chi connectivity index (χ3n) is 7.20. The van der Waals surface area contributed by atoms with E-state index < -0.39 is 23.5 Å². The van der Waals surface area contributed by atoms with Crippen molar-refractivity contribution in [3.63, 3.8) is 0 Å². The quantitative estimate of drug-likeness (QED) is 0.485. The molecule has 2 N–H and O–H groups in total. The molecule has 1 amide bonds. The van der Waals surface area contributed by atoms with Crippen molar-refractivity contribution in [1.29, 1.82) is 0 Å². The summed E-state index contributed by atoms with van der Waals surface area (Å²) in [5.41, 5.74) is 3.95. The normalized spacial score (nSPS) is 22.0. The van der Waals surface area contributed by atoms with E-state index in [4.69, 9.17) is 4.74 Å². The summed E-state index contributed by atoms with van der Waals surface area (Å²) in [5, 5.41) is 12.8. The lowest BCUT2D eigenvalue weighted by Crippen LogP contribution is -2.62. The number of amides is 1. The maximum Gasteiger partial charge on any atom is 0.407 e. The van der Waals surface area contributed by atoms with Crippen molar-refractivity contribution in [2.75, 3.05) is 33.8 Å². The Morgan fingerprint density at radius 1 is 1.18 bits per heavy atom. The summed E-state index contributed by atoms with van der Waals surface area (Å²) in [5.74, 6) is -1.11. The second-order valence-corrected chi connectivity index (χ2v) is 10.0. The van der Waals surface area contributed by atoms with Crippen LogP contribution >= 0.6 is 0 Å². The Kier molecular flexibility index (Phi) is 6.30. The van der Waals surface area contributed by atoms with E-state index in [9.17, 15) is 14.7 Å². The Bertz CT molecular complexity index is 1020. The van der Waals surface area contributed by atoms with Gasteiger partial charge in [-0.05, 0) is 41.5 Å². The van der Waals surface area contributed by atoms with E-state index in [2.05, 4.69) is 50.3 Å². The van der Waals surface area contributed by atoms with Gasteiger partial charge >= 0.3 is 12.1 Å². The second kappa shape index (κ2) is 9.02. The first-order chi connectivity index (χ1) is 15.8. The molecule has 0 radical (unpaired) electrons. The highest BCUT2D eigenvalue weighted by atomic mass is 16.5. The highest BCUT2D eigenvalue weighted by molar-refractivity contribution is 5.81. The van der Waals surface area contributed by atoms with Gasteiger partial charge in [0.2, 0.25) is 0 Å². The molecule has 1 aliphatic carbocycles. The number of carbonyl (C=O) groups excluding carboxylic acids is 1. The first-order valence-corrected chi connectivity index (χ1v) is 11.5. The first kappa shape index (κ1) is 23.1. The van der Waals surface area contributed by atoms with Crippen molar-refractivity contribution in [3.05, 3.63) is 72.3 Å². The van der Waals surface area contributed by atoms with Gasteiger partial charge in [0.05, 0.1) is 32.6 Å². The molecule has 2 aromatic carbocycles. The fourth-order valence-electron chi connectivity index (χ4n) is 5.91. The van der Waals surface area contributed by atoms with Crippen LogP contribution in [-0.2, 0) is 9.53 Å². The molecule has 0 bridgehead atoms. The van der Waals surface area contributed by atoms with E-state index in [-0.39, 0.29) is 12.5 Å². The van der Waals surface area contributed by atoms with Crippen molar-refractivity contribution in [1.82, 2.24) is 5.32 Å². The second-order valence-electron chi connectivity index (χ2n) is 10.0. The summed E-state index contributed by atoms with van der Waals surface area (Å²) in [7, 11) is 4.20. The molecule has 0 spiro atoms. The van der Waals surface area contributed by atoms with Gasteiger partial charge in [0, 0.05) is 5.92 Å². The smallest absolute Gasteiger partial charge is 0.407 e. The van der Waals surface area contributed by atoms with Gasteiger partial charge in [0.1, 0.15) is 12.6 Å². The largest absolute Gasteiger partial charge is 0.480 e. The molecule has 1 fully saturated rings. The summed E-state index contributed by atoms with van der Waals surface area (Å²) < 4.78 is 6.35. The number of carboxylic acid groups (broad SMARTS) is 1. The minimum Gasteiger partial charge on any atom is -0.480 e. The zero-order valence-electron chi connectivity index (χ0n) is 19.4. The van der Waals surface area contributed by atoms with Crippen molar-refractivity contribution < 1.29 is 23.9 Å². The monoisotopic (exact) mass is 449 g/mol. The molecule has 0 aromatic heterocycles. The Morgan fingerprint density at radius 3 is 2.33 bits per heavy atom. The van der Waals surface area contributed by atoms with Gasteiger partial charge in [-0.15, -0.1) is 6.58 Å². The number of hydrogen-bond acceptors (Lipinski definition) is 3. The van der Waals surface area contributed by atoms with Crippen LogP contribution < -0.4 is 5.32 Å². The molecule has 2 atom stereocenters. The third kappa shape index (κ3) is 4.53. The Balaban J connectivity index is 1.50. The lowest BCUT2D eigenvalue weighted by molar-refractivity contribution is -0.902. The minimum absolute atomic E-state index is 0.0705. The number of allylic oxidation sites excluding steroid dienone is 1. The van der Waals surface area contributed by atoms with E-state index in [1.165, 1.54) is 0 Å². The number of quaternary nitrogens is 1. The van der Waals surface area contributed by atoms with Crippen LogP contribution in [0.15, 0.2) is 61.2 Å². The summed E-state index contributed by atoms with van der Waals surface area (Å²) in [6.45, 7) is 5.65. The number of alkyl carbamates (subject to hydrolysis) is 1. The minimum atomic E-state index is -1.04. The SMILES string of the molecule is C=CC[C@@]1([C@H](NC(=O)OCC2c3ccccc3-c3ccccc32)C(=O)O)CCC[N+](C)(C)C1. The fraction of sp³-hybridized carbons (Fsp3) is 0.407. The summed E-state index contributed by atoms with van der Waals surface area (Å²) in [6.07, 6.45) is 3.22. The lowest BCUT2D eigenvalue weighted by atomic mass is 9.70. The van der Waals surface area contributed by atoms with Gasteiger partial charge in [-0.2, -0.15) is 0 Å². The van der Waals surface area contributed by atoms with Crippen LogP contribution in [0.3, 0.4) is 0 Å². The molecule has 33 heavy (non-hydrogen) atoms. The number of rotatable bonds is 7. The third-order valence-corrected chi connectivity index (χ3v) is 7.20. The van der Waals surface area contributed by atoms with E-state index in [0.29, 0.717) is 17.4 Å². The molecule has 0 unspecified atom stereocenters. The van der Waals surface area contributed by atoms with Crippen LogP contribution in [0.4, 0.5) is 4.79 Å². The highest BCUT2D eigenvalue weighted by Crippen LogP contribution is 2.44. The van der Waals surface area contributed by atoms with Gasteiger partial charge in [-0.3, -0.25) is 0 Å². The molecule has 6 nitrogen and oxygen atoms in total. The summed E-state index contributed by atoms with van der Waals surface area (Å²) in [4.78, 5) is 25.2. The molecule has 0 saturated carbocycles. The number of hydrogen-bond donors (Lipinski definition) is 2. The van der Waals surface area contributed by atoms with Crippen molar-refractivity contribution in [3.8, 4) is 11.1 Å². The predicted molar refractivity (Wildman–Crippen MR) is 128 cm³/mol. The molecule has 1 saturated heterocycles. The zero-order chi connectivity index (χ0) is 23.6. The Morgan fingerprint density at radius 2 is 1.79 bits per heavy atom. The van der Waals surface area contributed by atoms with Crippen LogP contribution in [0, 0.1) is 5.41 Å². The topological polar surface area (TPSA) is 75.6 Å². The van der Waals surface area contributed by atoms with Gasteiger partial charge in [-0.1, -0.05) is 54.6 Å². The van der Waals surface area contributed by atoms with Crippen molar-refractivity contribution >= 4 is 12.1 Å². The number of carboxylic acids is 1. The number of nitrogens with one attached hydrogen (secondary N) is 1. The molecular formula is C27H33N2O4+. The first-order valence-electron chi connectivity index (χ1n) is 11.5. The van der Waals surface area contributed by atoms with Gasteiger partial charge in [0.25, 0.3) is 0 Å². The Labute approximate surface area is 195 Å². The highest BCUT2D eigenvalue weighted by Gasteiger charge is 2.50. The number of ether oxygens (including phenoxy) is 1. The molecule has 6 heteroatoms. The van der Waals surface area contributed by atoms with Crippen LogP contribution in [0.1, 0.15) is 36.3 Å². The fourth-order valence-corrected chi connectivity index (χ4v) is 5.91. The van der Waals surface area contributed by atoms with Crippen LogP contribution in [-0.4, -0.2) is 61.5 Å². The maximum atomic E-state index is 12.9. The number of piperidine rings is 1.